The zero-order valence-electron chi connectivity index (χ0n) is 12.4. The van der Waals surface area contributed by atoms with Crippen LogP contribution >= 0.6 is 0 Å². The molecule has 0 aliphatic heterocycles. The zero-order chi connectivity index (χ0) is 14.5. The lowest BCUT2D eigenvalue weighted by atomic mass is 10.0. The van der Waals surface area contributed by atoms with Crippen LogP contribution < -0.4 is 11.1 Å². The maximum absolute atomic E-state index is 11.9. The van der Waals surface area contributed by atoms with Gasteiger partial charge in [0.25, 0.3) is 0 Å². The summed E-state index contributed by atoms with van der Waals surface area (Å²) in [6.07, 6.45) is 0.411. The molecule has 0 fully saturated rings. The van der Waals surface area contributed by atoms with Gasteiger partial charge in [0.15, 0.2) is 0 Å². The Morgan fingerprint density at radius 3 is 2.21 bits per heavy atom. The van der Waals surface area contributed by atoms with Gasteiger partial charge in [-0.3, -0.25) is 4.79 Å². The SMILES string of the molecule is CN(C)C(C)(C)CNC(=O)Cc1ccc(CN)cc1. The average Bonchev–Trinajstić information content (AvgIpc) is 2.37. The van der Waals surface area contributed by atoms with Crippen molar-refractivity contribution in [2.45, 2.75) is 32.4 Å². The maximum Gasteiger partial charge on any atom is 0.224 e. The fourth-order valence-electron chi connectivity index (χ4n) is 1.51. The highest BCUT2D eigenvalue weighted by Gasteiger charge is 2.20. The lowest BCUT2D eigenvalue weighted by Crippen LogP contribution is -2.48. The van der Waals surface area contributed by atoms with Crippen molar-refractivity contribution >= 4 is 5.91 Å². The van der Waals surface area contributed by atoms with Gasteiger partial charge in [-0.2, -0.15) is 0 Å². The van der Waals surface area contributed by atoms with E-state index in [2.05, 4.69) is 24.1 Å². The molecule has 1 aromatic rings. The van der Waals surface area contributed by atoms with E-state index in [1.54, 1.807) is 0 Å². The van der Waals surface area contributed by atoms with E-state index in [4.69, 9.17) is 5.73 Å². The molecule has 0 bridgehead atoms. The predicted octanol–water partition coefficient (Wildman–Crippen LogP) is 1.14. The lowest BCUT2D eigenvalue weighted by molar-refractivity contribution is -0.120. The molecule has 0 saturated heterocycles. The largest absolute Gasteiger partial charge is 0.354 e. The molecule has 0 atom stereocenters. The number of benzene rings is 1. The molecule has 0 saturated carbocycles. The molecular weight excluding hydrogens is 238 g/mol. The monoisotopic (exact) mass is 263 g/mol. The first kappa shape index (κ1) is 15.7. The van der Waals surface area contributed by atoms with Gasteiger partial charge in [-0.1, -0.05) is 24.3 Å². The van der Waals surface area contributed by atoms with Gasteiger partial charge >= 0.3 is 0 Å². The molecule has 0 aromatic heterocycles. The Balaban J connectivity index is 2.47. The second kappa shape index (κ2) is 6.68. The number of hydrogen-bond acceptors (Lipinski definition) is 3. The van der Waals surface area contributed by atoms with Crippen LogP contribution in [0.4, 0.5) is 0 Å². The van der Waals surface area contributed by atoms with Crippen molar-refractivity contribution in [1.29, 1.82) is 0 Å². The summed E-state index contributed by atoms with van der Waals surface area (Å²) >= 11 is 0. The van der Waals surface area contributed by atoms with E-state index in [0.717, 1.165) is 11.1 Å². The average molecular weight is 263 g/mol. The lowest BCUT2D eigenvalue weighted by Gasteiger charge is -2.32. The van der Waals surface area contributed by atoms with Gasteiger partial charge in [-0.25, -0.2) is 0 Å². The number of likely N-dealkylation sites (N-methyl/N-ethyl adjacent to an activating group) is 1. The number of nitrogens with one attached hydrogen (secondary N) is 1. The van der Waals surface area contributed by atoms with Gasteiger partial charge in [-0.05, 0) is 39.1 Å². The van der Waals surface area contributed by atoms with Crippen LogP contribution in [0, 0.1) is 0 Å². The smallest absolute Gasteiger partial charge is 0.224 e. The molecule has 19 heavy (non-hydrogen) atoms. The van der Waals surface area contributed by atoms with Crippen molar-refractivity contribution in [2.24, 2.45) is 5.73 Å². The number of amides is 1. The van der Waals surface area contributed by atoms with Gasteiger partial charge in [0, 0.05) is 18.6 Å². The van der Waals surface area contributed by atoms with Crippen LogP contribution in [0.3, 0.4) is 0 Å². The number of nitrogens with two attached hydrogens (primary N) is 1. The number of hydrogen-bond donors (Lipinski definition) is 2. The van der Waals surface area contributed by atoms with E-state index in [1.807, 2.05) is 38.4 Å². The van der Waals surface area contributed by atoms with Crippen LogP contribution in [0.2, 0.25) is 0 Å². The molecule has 3 N–H and O–H groups in total. The molecule has 1 amide bonds. The minimum Gasteiger partial charge on any atom is -0.354 e. The molecule has 0 radical (unpaired) electrons. The number of rotatable bonds is 6. The van der Waals surface area contributed by atoms with Crippen molar-refractivity contribution in [3.63, 3.8) is 0 Å². The maximum atomic E-state index is 11.9. The summed E-state index contributed by atoms with van der Waals surface area (Å²) in [5, 5.41) is 2.98. The summed E-state index contributed by atoms with van der Waals surface area (Å²) in [6, 6.07) is 7.84. The molecule has 4 heteroatoms. The van der Waals surface area contributed by atoms with Crippen LogP contribution in [0.1, 0.15) is 25.0 Å². The van der Waals surface area contributed by atoms with Crippen molar-refractivity contribution in [2.75, 3.05) is 20.6 Å². The van der Waals surface area contributed by atoms with Gasteiger partial charge in [0.1, 0.15) is 0 Å². The third-order valence-electron chi connectivity index (χ3n) is 3.55. The quantitative estimate of drug-likeness (QED) is 0.809. The van der Waals surface area contributed by atoms with Crippen molar-refractivity contribution in [3.8, 4) is 0 Å². The van der Waals surface area contributed by atoms with E-state index < -0.39 is 0 Å². The minimum atomic E-state index is -0.0426. The highest BCUT2D eigenvalue weighted by atomic mass is 16.1. The summed E-state index contributed by atoms with van der Waals surface area (Å²) in [5.74, 6) is 0.0513. The van der Waals surface area contributed by atoms with Crippen LogP contribution in [0.15, 0.2) is 24.3 Å². The Hall–Kier alpha value is -1.39. The summed E-state index contributed by atoms with van der Waals surface area (Å²) in [7, 11) is 4.02. The molecule has 0 unspecified atom stereocenters. The highest BCUT2D eigenvalue weighted by molar-refractivity contribution is 5.78. The first-order valence-corrected chi connectivity index (χ1v) is 6.57. The Kier molecular flexibility index (Phi) is 5.51. The Morgan fingerprint density at radius 1 is 1.21 bits per heavy atom. The fraction of sp³-hybridized carbons (Fsp3) is 0.533. The molecule has 1 rings (SSSR count). The van der Waals surface area contributed by atoms with Crippen LogP contribution in [0.25, 0.3) is 0 Å². The first-order chi connectivity index (χ1) is 8.85. The topological polar surface area (TPSA) is 58.4 Å². The predicted molar refractivity (Wildman–Crippen MR) is 78.8 cm³/mol. The molecule has 0 heterocycles. The van der Waals surface area contributed by atoms with Gasteiger partial charge in [0.05, 0.1) is 6.42 Å². The zero-order valence-corrected chi connectivity index (χ0v) is 12.4. The van der Waals surface area contributed by atoms with Crippen molar-refractivity contribution in [3.05, 3.63) is 35.4 Å². The third-order valence-corrected chi connectivity index (χ3v) is 3.55. The number of carbonyl (C=O) groups is 1. The minimum absolute atomic E-state index is 0.0426. The van der Waals surface area contributed by atoms with E-state index in [0.29, 0.717) is 19.5 Å². The summed E-state index contributed by atoms with van der Waals surface area (Å²) < 4.78 is 0. The number of nitrogens with zero attached hydrogens (tertiary/aromatic N) is 1. The highest BCUT2D eigenvalue weighted by Crippen LogP contribution is 2.08. The van der Waals surface area contributed by atoms with Crippen LogP contribution in [0.5, 0.6) is 0 Å². The Morgan fingerprint density at radius 2 is 1.74 bits per heavy atom. The Bertz CT molecular complexity index is 410. The second-order valence-electron chi connectivity index (χ2n) is 5.68. The number of carbonyl (C=O) groups excluding carboxylic acids is 1. The summed E-state index contributed by atoms with van der Waals surface area (Å²) in [5.41, 5.74) is 7.59. The van der Waals surface area contributed by atoms with E-state index in [9.17, 15) is 4.79 Å². The summed E-state index contributed by atoms with van der Waals surface area (Å²) in [6.45, 7) is 5.37. The molecule has 4 nitrogen and oxygen atoms in total. The Labute approximate surface area is 116 Å². The van der Waals surface area contributed by atoms with Crippen molar-refractivity contribution < 1.29 is 4.79 Å². The fourth-order valence-corrected chi connectivity index (χ4v) is 1.51. The van der Waals surface area contributed by atoms with Gasteiger partial charge in [0.2, 0.25) is 5.91 Å². The van der Waals surface area contributed by atoms with Gasteiger partial charge in [-0.15, -0.1) is 0 Å². The van der Waals surface area contributed by atoms with Crippen LogP contribution in [-0.2, 0) is 17.8 Å². The first-order valence-electron chi connectivity index (χ1n) is 6.57. The van der Waals surface area contributed by atoms with Crippen LogP contribution in [-0.4, -0.2) is 37.0 Å². The van der Waals surface area contributed by atoms with Gasteiger partial charge < -0.3 is 16.0 Å². The third kappa shape index (κ3) is 5.01. The molecule has 1 aromatic carbocycles. The van der Waals surface area contributed by atoms with E-state index >= 15 is 0 Å². The second-order valence-corrected chi connectivity index (χ2v) is 5.68. The summed E-state index contributed by atoms with van der Waals surface area (Å²) in [4.78, 5) is 14.0. The molecule has 0 aliphatic rings. The van der Waals surface area contributed by atoms with E-state index in [-0.39, 0.29) is 11.4 Å². The molecule has 106 valence electrons. The standard InChI is InChI=1S/C15H25N3O/c1-15(2,18(3)4)11-17-14(19)9-12-5-7-13(10-16)8-6-12/h5-8H,9-11,16H2,1-4H3,(H,17,19). The molecule has 0 aliphatic carbocycles. The molecular formula is C15H25N3O. The van der Waals surface area contributed by atoms with Crippen molar-refractivity contribution in [1.82, 2.24) is 10.2 Å². The van der Waals surface area contributed by atoms with E-state index in [1.165, 1.54) is 0 Å². The normalized spacial score (nSPS) is 11.7. The molecule has 0 spiro atoms.